The Labute approximate surface area is 121 Å². The summed E-state index contributed by atoms with van der Waals surface area (Å²) in [6.07, 6.45) is 4.72. The van der Waals surface area contributed by atoms with Crippen molar-refractivity contribution in [1.82, 2.24) is 4.98 Å². The van der Waals surface area contributed by atoms with Crippen molar-refractivity contribution in [2.24, 2.45) is 10.9 Å². The number of nitrogens with two attached hydrogens (primary N) is 1. The maximum atomic E-state index is 11.3. The lowest BCUT2D eigenvalue weighted by Crippen LogP contribution is -2.25. The molecular formula is C12H18N4O3S. The molecule has 110 valence electrons. The van der Waals surface area contributed by atoms with Crippen LogP contribution in [0.25, 0.3) is 0 Å². The summed E-state index contributed by atoms with van der Waals surface area (Å²) in [6.45, 7) is 2.55. The van der Waals surface area contributed by atoms with Crippen LogP contribution in [-0.2, 0) is 14.4 Å². The number of thiazole rings is 1. The molecular weight excluding hydrogens is 280 g/mol. The van der Waals surface area contributed by atoms with Gasteiger partial charge in [0.25, 0.3) is 5.91 Å². The van der Waals surface area contributed by atoms with Gasteiger partial charge in [-0.1, -0.05) is 24.9 Å². The van der Waals surface area contributed by atoms with Crippen LogP contribution in [0.4, 0.5) is 5.13 Å². The first kappa shape index (κ1) is 16.1. The predicted octanol–water partition coefficient (Wildman–Crippen LogP) is 1.50. The second-order valence-electron chi connectivity index (χ2n) is 4.00. The summed E-state index contributed by atoms with van der Waals surface area (Å²) < 4.78 is 0. The standard InChI is InChI=1S/C12H18N4O3S/c1-2-3-4-5-6-19-16-10(11(13)18)9-7-20-12(15-9)14-8-17/h7-8H,2-6H2,1H3,(H2,13,18)(H,14,15,17)/b16-10-. The molecule has 0 spiro atoms. The summed E-state index contributed by atoms with van der Waals surface area (Å²) >= 11 is 1.17. The molecule has 0 aromatic carbocycles. The number of hydrogen-bond acceptors (Lipinski definition) is 6. The number of rotatable bonds is 10. The molecule has 0 aliphatic heterocycles. The number of oxime groups is 1. The van der Waals surface area contributed by atoms with Crippen LogP contribution in [-0.4, -0.2) is 29.6 Å². The van der Waals surface area contributed by atoms with Gasteiger partial charge in [-0.15, -0.1) is 11.3 Å². The molecule has 0 atom stereocenters. The average Bonchev–Trinajstić information content (AvgIpc) is 2.86. The van der Waals surface area contributed by atoms with Crippen molar-refractivity contribution in [3.05, 3.63) is 11.1 Å². The minimum absolute atomic E-state index is 0.0457. The van der Waals surface area contributed by atoms with Gasteiger partial charge < -0.3 is 15.9 Å². The Kier molecular flexibility index (Phi) is 7.26. The SMILES string of the molecule is CCCCCCO/N=C(\C(N)=O)c1csc(NC=O)n1. The van der Waals surface area contributed by atoms with Gasteiger partial charge in [-0.25, -0.2) is 4.98 Å². The molecule has 1 rings (SSSR count). The number of hydrogen-bond donors (Lipinski definition) is 2. The van der Waals surface area contributed by atoms with Gasteiger partial charge in [0.1, 0.15) is 12.3 Å². The van der Waals surface area contributed by atoms with Crippen molar-refractivity contribution in [1.29, 1.82) is 0 Å². The number of carbonyl (C=O) groups excluding carboxylic acids is 2. The Balaban J connectivity index is 2.58. The Bertz CT molecular complexity index is 473. The molecule has 0 aliphatic rings. The molecule has 8 heteroatoms. The molecule has 0 fully saturated rings. The predicted molar refractivity (Wildman–Crippen MR) is 77.6 cm³/mol. The number of aromatic nitrogens is 1. The third-order valence-electron chi connectivity index (χ3n) is 2.41. The number of nitrogens with zero attached hydrogens (tertiary/aromatic N) is 2. The summed E-state index contributed by atoms with van der Waals surface area (Å²) in [7, 11) is 0. The van der Waals surface area contributed by atoms with Gasteiger partial charge in [-0.2, -0.15) is 0 Å². The molecule has 7 nitrogen and oxygen atoms in total. The van der Waals surface area contributed by atoms with Gasteiger partial charge in [0.15, 0.2) is 10.8 Å². The van der Waals surface area contributed by atoms with Crippen molar-refractivity contribution in [2.75, 3.05) is 11.9 Å². The maximum Gasteiger partial charge on any atom is 0.273 e. The van der Waals surface area contributed by atoms with Gasteiger partial charge in [0, 0.05) is 5.38 Å². The van der Waals surface area contributed by atoms with Crippen molar-refractivity contribution in [2.45, 2.75) is 32.6 Å². The van der Waals surface area contributed by atoms with E-state index in [1.54, 1.807) is 5.38 Å². The third kappa shape index (κ3) is 5.35. The highest BCUT2D eigenvalue weighted by Crippen LogP contribution is 2.15. The fourth-order valence-electron chi connectivity index (χ4n) is 1.42. The minimum Gasteiger partial charge on any atom is -0.395 e. The Hall–Kier alpha value is -1.96. The topological polar surface area (TPSA) is 107 Å². The van der Waals surface area contributed by atoms with Crippen LogP contribution in [0.15, 0.2) is 10.5 Å². The third-order valence-corrected chi connectivity index (χ3v) is 3.18. The fraction of sp³-hybridized carbons (Fsp3) is 0.500. The highest BCUT2D eigenvalue weighted by molar-refractivity contribution is 7.14. The zero-order valence-electron chi connectivity index (χ0n) is 11.3. The van der Waals surface area contributed by atoms with E-state index in [0.29, 0.717) is 23.8 Å². The van der Waals surface area contributed by atoms with Crippen LogP contribution in [0.1, 0.15) is 38.3 Å². The lowest BCUT2D eigenvalue weighted by atomic mass is 10.2. The summed E-state index contributed by atoms with van der Waals surface area (Å²) in [6, 6.07) is 0. The van der Waals surface area contributed by atoms with Crippen LogP contribution < -0.4 is 11.1 Å². The second-order valence-corrected chi connectivity index (χ2v) is 4.86. The van der Waals surface area contributed by atoms with E-state index in [1.165, 1.54) is 11.3 Å². The summed E-state index contributed by atoms with van der Waals surface area (Å²) in [4.78, 5) is 30.7. The van der Waals surface area contributed by atoms with Gasteiger partial charge in [0.2, 0.25) is 6.41 Å². The lowest BCUT2D eigenvalue weighted by molar-refractivity contribution is -0.112. The van der Waals surface area contributed by atoms with Crippen molar-refractivity contribution in [3.8, 4) is 0 Å². The molecule has 0 bridgehead atoms. The fourth-order valence-corrected chi connectivity index (χ4v) is 2.08. The highest BCUT2D eigenvalue weighted by atomic mass is 32.1. The normalized spacial score (nSPS) is 11.2. The van der Waals surface area contributed by atoms with Gasteiger partial charge in [-0.05, 0) is 12.8 Å². The van der Waals surface area contributed by atoms with E-state index >= 15 is 0 Å². The lowest BCUT2D eigenvalue weighted by Gasteiger charge is -2.01. The van der Waals surface area contributed by atoms with Crippen molar-refractivity contribution < 1.29 is 14.4 Å². The molecule has 0 radical (unpaired) electrons. The minimum atomic E-state index is -0.721. The van der Waals surface area contributed by atoms with E-state index < -0.39 is 5.91 Å². The van der Waals surface area contributed by atoms with E-state index in [2.05, 4.69) is 22.4 Å². The van der Waals surface area contributed by atoms with Gasteiger partial charge >= 0.3 is 0 Å². The Morgan fingerprint density at radius 2 is 2.35 bits per heavy atom. The van der Waals surface area contributed by atoms with E-state index in [9.17, 15) is 9.59 Å². The first-order valence-electron chi connectivity index (χ1n) is 6.34. The zero-order chi connectivity index (χ0) is 14.8. The molecule has 0 unspecified atom stereocenters. The molecule has 0 aliphatic carbocycles. The van der Waals surface area contributed by atoms with Crippen molar-refractivity contribution >= 4 is 34.5 Å². The number of primary amides is 1. The molecule has 1 heterocycles. The second kappa shape index (κ2) is 9.03. The number of nitrogens with one attached hydrogen (secondary N) is 1. The average molecular weight is 298 g/mol. The molecule has 1 aromatic rings. The maximum absolute atomic E-state index is 11.3. The van der Waals surface area contributed by atoms with Crippen LogP contribution in [0.2, 0.25) is 0 Å². The highest BCUT2D eigenvalue weighted by Gasteiger charge is 2.15. The first-order chi connectivity index (χ1) is 9.69. The summed E-state index contributed by atoms with van der Waals surface area (Å²) in [5, 5.41) is 8.07. The van der Waals surface area contributed by atoms with Gasteiger partial charge in [0.05, 0.1) is 0 Å². The van der Waals surface area contributed by atoms with Crippen LogP contribution in [0, 0.1) is 0 Å². The van der Waals surface area contributed by atoms with E-state index in [0.717, 1.165) is 25.7 Å². The van der Waals surface area contributed by atoms with Crippen LogP contribution in [0.5, 0.6) is 0 Å². The summed E-state index contributed by atoms with van der Waals surface area (Å²) in [5.74, 6) is -0.721. The molecule has 3 N–H and O–H groups in total. The van der Waals surface area contributed by atoms with Crippen LogP contribution >= 0.6 is 11.3 Å². The summed E-state index contributed by atoms with van der Waals surface area (Å²) in [5.41, 5.74) is 5.49. The number of amides is 2. The molecule has 0 saturated heterocycles. The van der Waals surface area contributed by atoms with E-state index in [4.69, 9.17) is 10.6 Å². The first-order valence-corrected chi connectivity index (χ1v) is 7.22. The molecule has 1 aromatic heterocycles. The molecule has 0 saturated carbocycles. The Morgan fingerprint density at radius 1 is 1.55 bits per heavy atom. The van der Waals surface area contributed by atoms with E-state index in [1.807, 2.05) is 0 Å². The monoisotopic (exact) mass is 298 g/mol. The number of carbonyl (C=O) groups is 2. The Morgan fingerprint density at radius 3 is 3.00 bits per heavy atom. The van der Waals surface area contributed by atoms with Gasteiger partial charge in [-0.3, -0.25) is 9.59 Å². The quantitative estimate of drug-likeness (QED) is 0.295. The number of unbranched alkanes of at least 4 members (excludes halogenated alkanes) is 3. The van der Waals surface area contributed by atoms with Crippen LogP contribution in [0.3, 0.4) is 0 Å². The van der Waals surface area contributed by atoms with E-state index in [-0.39, 0.29) is 5.71 Å². The van der Waals surface area contributed by atoms with Crippen molar-refractivity contribution in [3.63, 3.8) is 0 Å². The zero-order valence-corrected chi connectivity index (χ0v) is 12.1. The smallest absolute Gasteiger partial charge is 0.273 e. The largest absolute Gasteiger partial charge is 0.395 e. The number of anilines is 1. The molecule has 2 amide bonds. The molecule has 20 heavy (non-hydrogen) atoms.